The molecule has 0 saturated heterocycles. The lowest BCUT2D eigenvalue weighted by atomic mass is 10.1. The first-order valence-electron chi connectivity index (χ1n) is 13.9. The van der Waals surface area contributed by atoms with Gasteiger partial charge in [0.15, 0.2) is 0 Å². The van der Waals surface area contributed by atoms with E-state index < -0.39 is 0 Å². The van der Waals surface area contributed by atoms with Gasteiger partial charge in [-0.05, 0) is 109 Å². The summed E-state index contributed by atoms with van der Waals surface area (Å²) in [4.78, 5) is 4.47. The molecule has 2 heteroatoms. The van der Waals surface area contributed by atoms with Crippen molar-refractivity contribution in [3.63, 3.8) is 0 Å². The summed E-state index contributed by atoms with van der Waals surface area (Å²) in [6.45, 7) is 0. The maximum atomic E-state index is 3.18. The van der Waals surface area contributed by atoms with Gasteiger partial charge in [0.1, 0.15) is 0 Å². The molecule has 198 valence electrons. The van der Waals surface area contributed by atoms with Gasteiger partial charge in [-0.3, -0.25) is 0 Å². The van der Waals surface area contributed by atoms with Crippen molar-refractivity contribution in [1.82, 2.24) is 0 Å². The number of rotatable bonds is 6. The van der Waals surface area contributed by atoms with Crippen LogP contribution in [-0.2, 0) is 0 Å². The Balaban J connectivity index is 1.18. The Kier molecular flexibility index (Phi) is 8.09. The molecule has 0 aliphatic carbocycles. The molecule has 0 bridgehead atoms. The molecule has 6 rings (SSSR count). The monoisotopic (exact) mass is 536 g/mol. The van der Waals surface area contributed by atoms with Crippen LogP contribution in [0.5, 0.6) is 0 Å². The van der Waals surface area contributed by atoms with E-state index in [0.717, 1.165) is 45.3 Å². The summed E-state index contributed by atoms with van der Waals surface area (Å²) in [5.41, 5.74) is 8.42. The van der Waals surface area contributed by atoms with Crippen LogP contribution in [0.15, 0.2) is 170 Å². The first-order valence-corrected chi connectivity index (χ1v) is 13.9. The minimum atomic E-state index is 0.922. The zero-order valence-electron chi connectivity index (χ0n) is 23.1. The van der Waals surface area contributed by atoms with Crippen molar-refractivity contribution in [2.75, 3.05) is 9.80 Å². The van der Waals surface area contributed by atoms with Gasteiger partial charge in [-0.1, -0.05) is 84.6 Å². The fraction of sp³-hybridized carbons (Fsp3) is 0. The van der Waals surface area contributed by atoms with Crippen molar-refractivity contribution in [2.45, 2.75) is 0 Å². The van der Waals surface area contributed by atoms with Crippen molar-refractivity contribution in [2.24, 2.45) is 0 Å². The lowest BCUT2D eigenvalue weighted by Gasteiger charge is -2.25. The van der Waals surface area contributed by atoms with Crippen molar-refractivity contribution in [3.8, 4) is 23.7 Å². The van der Waals surface area contributed by atoms with Crippen molar-refractivity contribution in [1.29, 1.82) is 0 Å². The van der Waals surface area contributed by atoms with Gasteiger partial charge in [-0.2, -0.15) is 0 Å². The SMILES string of the molecule is C(C#Cc1ccc(N(c2ccccc2)c2ccccc2)cc1)#Cc1ccc(N(c2ccccc2)c2ccccc2)cc1. The maximum absolute atomic E-state index is 3.18. The number of para-hydroxylation sites is 4. The third-order valence-electron chi connectivity index (χ3n) is 6.78. The smallest absolute Gasteiger partial charge is 0.0462 e. The normalized spacial score (nSPS) is 10.0. The summed E-state index contributed by atoms with van der Waals surface area (Å²) in [5, 5.41) is 0. The van der Waals surface area contributed by atoms with Crippen LogP contribution >= 0.6 is 0 Å². The van der Waals surface area contributed by atoms with E-state index in [1.807, 2.05) is 48.5 Å². The molecular weight excluding hydrogens is 508 g/mol. The summed E-state index contributed by atoms with van der Waals surface area (Å²) in [6.07, 6.45) is 0. The Morgan fingerprint density at radius 2 is 0.500 bits per heavy atom. The lowest BCUT2D eigenvalue weighted by molar-refractivity contribution is 1.28. The highest BCUT2D eigenvalue weighted by molar-refractivity contribution is 5.77. The van der Waals surface area contributed by atoms with Crippen LogP contribution in [0.2, 0.25) is 0 Å². The van der Waals surface area contributed by atoms with Crippen LogP contribution in [0.3, 0.4) is 0 Å². The van der Waals surface area contributed by atoms with E-state index in [2.05, 4.69) is 155 Å². The maximum Gasteiger partial charge on any atom is 0.0462 e. The Bertz CT molecular complexity index is 1620. The highest BCUT2D eigenvalue weighted by atomic mass is 15.1. The number of hydrogen-bond donors (Lipinski definition) is 0. The van der Waals surface area contributed by atoms with E-state index in [-0.39, 0.29) is 0 Å². The van der Waals surface area contributed by atoms with Crippen LogP contribution in [0.25, 0.3) is 0 Å². The Morgan fingerprint density at radius 1 is 0.262 bits per heavy atom. The van der Waals surface area contributed by atoms with Gasteiger partial charge in [0, 0.05) is 45.3 Å². The van der Waals surface area contributed by atoms with Gasteiger partial charge in [-0.15, -0.1) is 0 Å². The van der Waals surface area contributed by atoms with Gasteiger partial charge < -0.3 is 9.80 Å². The summed E-state index contributed by atoms with van der Waals surface area (Å²) >= 11 is 0. The molecule has 0 amide bonds. The fourth-order valence-corrected chi connectivity index (χ4v) is 4.80. The summed E-state index contributed by atoms with van der Waals surface area (Å²) in [7, 11) is 0. The molecule has 6 aromatic rings. The van der Waals surface area contributed by atoms with Gasteiger partial charge in [-0.25, -0.2) is 0 Å². The molecule has 42 heavy (non-hydrogen) atoms. The first kappa shape index (κ1) is 26.3. The predicted molar refractivity (Wildman–Crippen MR) is 176 cm³/mol. The van der Waals surface area contributed by atoms with Crippen LogP contribution in [0, 0.1) is 23.7 Å². The standard InChI is InChI=1S/C40H28N2/c1-5-17-35(18-6-1)41(36-19-7-2-8-20-36)39-29-25-33(26-30-39)15-13-14-16-34-27-31-40(32-28-34)42(37-21-9-3-10-22-37)38-23-11-4-12-24-38/h1-12,17-32H. The Labute approximate surface area is 248 Å². The zero-order valence-corrected chi connectivity index (χ0v) is 23.1. The second kappa shape index (κ2) is 12.9. The number of anilines is 6. The van der Waals surface area contributed by atoms with Gasteiger partial charge in [0.2, 0.25) is 0 Å². The Hall–Kier alpha value is -5.96. The van der Waals surface area contributed by atoms with E-state index in [9.17, 15) is 0 Å². The average molecular weight is 537 g/mol. The highest BCUT2D eigenvalue weighted by Gasteiger charge is 2.12. The molecule has 0 spiro atoms. The van der Waals surface area contributed by atoms with E-state index in [0.29, 0.717) is 0 Å². The molecule has 0 aliphatic heterocycles. The van der Waals surface area contributed by atoms with Crippen molar-refractivity contribution >= 4 is 34.1 Å². The molecule has 0 unspecified atom stereocenters. The summed E-state index contributed by atoms with van der Waals surface area (Å²) in [5.74, 6) is 12.4. The van der Waals surface area contributed by atoms with Gasteiger partial charge in [0.25, 0.3) is 0 Å². The van der Waals surface area contributed by atoms with E-state index in [4.69, 9.17) is 0 Å². The molecule has 0 atom stereocenters. The van der Waals surface area contributed by atoms with Crippen LogP contribution in [-0.4, -0.2) is 0 Å². The largest absolute Gasteiger partial charge is 0.311 e. The topological polar surface area (TPSA) is 6.48 Å². The van der Waals surface area contributed by atoms with Crippen LogP contribution < -0.4 is 9.80 Å². The molecule has 2 nitrogen and oxygen atoms in total. The average Bonchev–Trinajstić information content (AvgIpc) is 3.07. The van der Waals surface area contributed by atoms with E-state index in [1.165, 1.54) is 0 Å². The molecule has 0 radical (unpaired) electrons. The minimum Gasteiger partial charge on any atom is -0.311 e. The number of benzene rings is 6. The number of nitrogens with zero attached hydrogens (tertiary/aromatic N) is 2. The second-order valence-electron chi connectivity index (χ2n) is 9.61. The molecular formula is C40H28N2. The van der Waals surface area contributed by atoms with Crippen LogP contribution in [0.1, 0.15) is 11.1 Å². The number of hydrogen-bond acceptors (Lipinski definition) is 2. The Morgan fingerprint density at radius 3 is 0.762 bits per heavy atom. The van der Waals surface area contributed by atoms with Gasteiger partial charge in [0.05, 0.1) is 0 Å². The molecule has 0 heterocycles. The van der Waals surface area contributed by atoms with Crippen molar-refractivity contribution in [3.05, 3.63) is 181 Å². The third-order valence-corrected chi connectivity index (χ3v) is 6.78. The lowest BCUT2D eigenvalue weighted by Crippen LogP contribution is -2.09. The molecule has 0 fully saturated rings. The van der Waals surface area contributed by atoms with Crippen molar-refractivity contribution < 1.29 is 0 Å². The zero-order chi connectivity index (χ0) is 28.4. The summed E-state index contributed by atoms with van der Waals surface area (Å²) < 4.78 is 0. The minimum absolute atomic E-state index is 0.922. The molecule has 0 saturated carbocycles. The first-order chi connectivity index (χ1) is 20.8. The molecule has 6 aromatic carbocycles. The van der Waals surface area contributed by atoms with Gasteiger partial charge >= 0.3 is 0 Å². The molecule has 0 aromatic heterocycles. The highest BCUT2D eigenvalue weighted by Crippen LogP contribution is 2.35. The fourth-order valence-electron chi connectivity index (χ4n) is 4.80. The van der Waals surface area contributed by atoms with Crippen LogP contribution in [0.4, 0.5) is 34.1 Å². The predicted octanol–water partition coefficient (Wildman–Crippen LogP) is 10.0. The second-order valence-corrected chi connectivity index (χ2v) is 9.61. The molecule has 0 N–H and O–H groups in total. The van der Waals surface area contributed by atoms with E-state index >= 15 is 0 Å². The third kappa shape index (κ3) is 6.26. The summed E-state index contributed by atoms with van der Waals surface area (Å²) in [6, 6.07) is 58.1. The quantitative estimate of drug-likeness (QED) is 0.195. The molecule has 0 aliphatic rings. The van der Waals surface area contributed by atoms with E-state index in [1.54, 1.807) is 0 Å².